The number of benzene rings is 1. The van der Waals surface area contributed by atoms with Crippen molar-refractivity contribution in [1.29, 1.82) is 0 Å². The Hall–Kier alpha value is -1.88. The second-order valence-electron chi connectivity index (χ2n) is 4.37. The highest BCUT2D eigenvalue weighted by Gasteiger charge is 2.07. The van der Waals surface area contributed by atoms with Crippen LogP contribution in [0.15, 0.2) is 36.9 Å². The number of ether oxygens (including phenoxy) is 1. The zero-order valence-electron chi connectivity index (χ0n) is 10.8. The minimum atomic E-state index is -0.676. The maximum Gasteiger partial charge on any atom is 0.165 e. The monoisotopic (exact) mass is 264 g/mol. The Morgan fingerprint density at radius 2 is 2.32 bits per heavy atom. The van der Waals surface area contributed by atoms with Crippen molar-refractivity contribution >= 4 is 0 Å². The van der Waals surface area contributed by atoms with Crippen LogP contribution in [0.4, 0.5) is 4.39 Å². The molecule has 1 N–H and O–H groups in total. The maximum atomic E-state index is 13.7. The third-order valence-corrected chi connectivity index (χ3v) is 2.82. The summed E-state index contributed by atoms with van der Waals surface area (Å²) in [5.41, 5.74) is 0.545. The van der Waals surface area contributed by atoms with Crippen molar-refractivity contribution in [3.05, 3.63) is 48.3 Å². The van der Waals surface area contributed by atoms with E-state index in [0.29, 0.717) is 12.2 Å². The van der Waals surface area contributed by atoms with E-state index in [4.69, 9.17) is 4.74 Å². The van der Waals surface area contributed by atoms with Crippen LogP contribution < -0.4 is 4.74 Å². The van der Waals surface area contributed by atoms with Gasteiger partial charge in [0.25, 0.3) is 0 Å². The quantitative estimate of drug-likeness (QED) is 0.816. The summed E-state index contributed by atoms with van der Waals surface area (Å²) >= 11 is 0. The molecule has 2 aromatic rings. The summed E-state index contributed by atoms with van der Waals surface area (Å²) in [7, 11) is 0. The molecule has 0 bridgehead atoms. The average molecular weight is 264 g/mol. The van der Waals surface area contributed by atoms with Gasteiger partial charge in [-0.15, -0.1) is 0 Å². The molecule has 1 heterocycles. The van der Waals surface area contributed by atoms with Crippen LogP contribution in [0.5, 0.6) is 5.75 Å². The van der Waals surface area contributed by atoms with Crippen molar-refractivity contribution in [2.45, 2.75) is 26.0 Å². The predicted octanol–water partition coefficient (Wildman–Crippen LogP) is 2.54. The molecule has 0 spiro atoms. The van der Waals surface area contributed by atoms with Gasteiger partial charge in [-0.1, -0.05) is 6.07 Å². The number of rotatable bonds is 6. The number of aryl methyl sites for hydroxylation is 1. The summed E-state index contributed by atoms with van der Waals surface area (Å²) in [5, 5.41) is 9.34. The first-order valence-corrected chi connectivity index (χ1v) is 6.23. The second kappa shape index (κ2) is 6.33. The highest BCUT2D eigenvalue weighted by atomic mass is 19.1. The Morgan fingerprint density at radius 3 is 2.95 bits per heavy atom. The van der Waals surface area contributed by atoms with Gasteiger partial charge >= 0.3 is 0 Å². The first-order valence-electron chi connectivity index (χ1n) is 6.23. The molecule has 4 nitrogen and oxygen atoms in total. The van der Waals surface area contributed by atoms with Crippen LogP contribution in [0, 0.1) is 5.82 Å². The fourth-order valence-electron chi connectivity index (χ4n) is 1.74. The molecule has 0 amide bonds. The molecule has 0 fully saturated rings. The molecule has 1 atom stereocenters. The van der Waals surface area contributed by atoms with E-state index in [2.05, 4.69) is 4.98 Å². The Morgan fingerprint density at radius 1 is 1.47 bits per heavy atom. The van der Waals surface area contributed by atoms with Gasteiger partial charge in [-0.2, -0.15) is 0 Å². The van der Waals surface area contributed by atoms with E-state index in [1.54, 1.807) is 31.6 Å². The SMILES string of the molecule is C[C@H](O)c1ccc(OCCCn2ccnc2)c(F)c1. The molecule has 0 aliphatic rings. The van der Waals surface area contributed by atoms with Gasteiger partial charge < -0.3 is 14.4 Å². The third kappa shape index (κ3) is 3.79. The number of halogens is 1. The van der Waals surface area contributed by atoms with Crippen molar-refractivity contribution in [2.24, 2.45) is 0 Å². The van der Waals surface area contributed by atoms with Gasteiger partial charge in [0.2, 0.25) is 0 Å². The van der Waals surface area contributed by atoms with Gasteiger partial charge in [0, 0.05) is 18.9 Å². The highest BCUT2D eigenvalue weighted by Crippen LogP contribution is 2.22. The lowest BCUT2D eigenvalue weighted by Gasteiger charge is -2.10. The summed E-state index contributed by atoms with van der Waals surface area (Å²) in [6, 6.07) is 4.52. The fraction of sp³-hybridized carbons (Fsp3) is 0.357. The molecule has 1 aromatic heterocycles. The molecule has 0 unspecified atom stereocenters. The van der Waals surface area contributed by atoms with E-state index in [0.717, 1.165) is 13.0 Å². The lowest BCUT2D eigenvalue weighted by molar-refractivity contribution is 0.198. The van der Waals surface area contributed by atoms with Crippen molar-refractivity contribution in [3.63, 3.8) is 0 Å². The van der Waals surface area contributed by atoms with Crippen LogP contribution >= 0.6 is 0 Å². The van der Waals surface area contributed by atoms with E-state index in [-0.39, 0.29) is 5.75 Å². The maximum absolute atomic E-state index is 13.7. The Kier molecular flexibility index (Phi) is 4.52. The molecule has 0 saturated heterocycles. The third-order valence-electron chi connectivity index (χ3n) is 2.82. The van der Waals surface area contributed by atoms with Crippen molar-refractivity contribution in [1.82, 2.24) is 9.55 Å². The summed E-state index contributed by atoms with van der Waals surface area (Å²) < 4.78 is 21.0. The summed E-state index contributed by atoms with van der Waals surface area (Å²) in [4.78, 5) is 3.94. The number of nitrogens with zero attached hydrogens (tertiary/aromatic N) is 2. The minimum Gasteiger partial charge on any atom is -0.490 e. The summed E-state index contributed by atoms with van der Waals surface area (Å²) in [6.45, 7) is 2.82. The smallest absolute Gasteiger partial charge is 0.165 e. The Bertz CT molecular complexity index is 512. The minimum absolute atomic E-state index is 0.218. The predicted molar refractivity (Wildman–Crippen MR) is 69.4 cm³/mol. The molecule has 5 heteroatoms. The zero-order chi connectivity index (χ0) is 13.7. The first-order chi connectivity index (χ1) is 9.16. The molecular formula is C14H17FN2O2. The molecule has 102 valence electrons. The van der Waals surface area contributed by atoms with Gasteiger partial charge in [-0.3, -0.25) is 0 Å². The van der Waals surface area contributed by atoms with Gasteiger partial charge in [0.1, 0.15) is 0 Å². The summed E-state index contributed by atoms with van der Waals surface area (Å²) in [5.74, 6) is -0.226. The van der Waals surface area contributed by atoms with Crippen LogP contribution in [0.1, 0.15) is 25.0 Å². The van der Waals surface area contributed by atoms with E-state index in [1.807, 2.05) is 10.8 Å². The highest BCUT2D eigenvalue weighted by molar-refractivity contribution is 5.30. The zero-order valence-corrected chi connectivity index (χ0v) is 10.8. The van der Waals surface area contributed by atoms with Crippen LogP contribution in [-0.4, -0.2) is 21.3 Å². The fourth-order valence-corrected chi connectivity index (χ4v) is 1.74. The number of hydrogen-bond donors (Lipinski definition) is 1. The Balaban J connectivity index is 1.82. The normalized spacial score (nSPS) is 12.4. The Labute approximate surface area is 111 Å². The number of aromatic nitrogens is 2. The number of aliphatic hydroxyl groups excluding tert-OH is 1. The molecule has 1 aromatic carbocycles. The van der Waals surface area contributed by atoms with E-state index in [1.165, 1.54) is 6.07 Å². The van der Waals surface area contributed by atoms with Crippen LogP contribution in [0.3, 0.4) is 0 Å². The molecular weight excluding hydrogens is 247 g/mol. The molecule has 19 heavy (non-hydrogen) atoms. The van der Waals surface area contributed by atoms with Crippen LogP contribution in [-0.2, 0) is 6.54 Å². The number of hydrogen-bond acceptors (Lipinski definition) is 3. The van der Waals surface area contributed by atoms with Gasteiger partial charge in [0.05, 0.1) is 19.0 Å². The molecule has 2 rings (SSSR count). The average Bonchev–Trinajstić information content (AvgIpc) is 2.89. The van der Waals surface area contributed by atoms with Gasteiger partial charge in [-0.25, -0.2) is 9.37 Å². The van der Waals surface area contributed by atoms with E-state index in [9.17, 15) is 9.50 Å². The largest absolute Gasteiger partial charge is 0.490 e. The second-order valence-corrected chi connectivity index (χ2v) is 4.37. The summed E-state index contributed by atoms with van der Waals surface area (Å²) in [6.07, 6.45) is 5.42. The van der Waals surface area contributed by atoms with Crippen molar-refractivity contribution < 1.29 is 14.2 Å². The van der Waals surface area contributed by atoms with E-state index >= 15 is 0 Å². The van der Waals surface area contributed by atoms with E-state index < -0.39 is 11.9 Å². The van der Waals surface area contributed by atoms with Crippen molar-refractivity contribution in [3.8, 4) is 5.75 Å². The van der Waals surface area contributed by atoms with Crippen molar-refractivity contribution in [2.75, 3.05) is 6.61 Å². The topological polar surface area (TPSA) is 47.3 Å². The number of aliphatic hydroxyl groups is 1. The number of imidazole rings is 1. The van der Waals surface area contributed by atoms with Crippen LogP contribution in [0.25, 0.3) is 0 Å². The first kappa shape index (κ1) is 13.5. The van der Waals surface area contributed by atoms with Gasteiger partial charge in [0.15, 0.2) is 11.6 Å². The standard InChI is InChI=1S/C14H17FN2O2/c1-11(18)12-3-4-14(13(15)9-12)19-8-2-6-17-7-5-16-10-17/h3-5,7,9-11,18H,2,6,8H2,1H3/t11-/m0/s1. The van der Waals surface area contributed by atoms with Gasteiger partial charge in [-0.05, 0) is 31.0 Å². The van der Waals surface area contributed by atoms with Crippen LogP contribution in [0.2, 0.25) is 0 Å². The lowest BCUT2D eigenvalue weighted by atomic mass is 10.1. The molecule has 0 saturated carbocycles. The molecule has 0 aliphatic carbocycles. The molecule has 0 aliphatic heterocycles. The molecule has 0 radical (unpaired) electrons. The lowest BCUT2D eigenvalue weighted by Crippen LogP contribution is -2.04.